The van der Waals surface area contributed by atoms with E-state index in [-0.39, 0.29) is 6.79 Å². The number of rotatable bonds is 3. The Morgan fingerprint density at radius 1 is 1.29 bits per heavy atom. The number of hydrazone groups is 1. The smallest absolute Gasteiger partial charge is 0.231 e. The van der Waals surface area contributed by atoms with Crippen LogP contribution in [0.1, 0.15) is 25.3 Å². The SMILES string of the molecule is CC1=C/C(=N/NC(=S)NCc2ccc3c(c2)OCO3)CC1. The van der Waals surface area contributed by atoms with Crippen LogP contribution >= 0.6 is 12.2 Å². The monoisotopic (exact) mass is 303 g/mol. The predicted octanol–water partition coefficient (Wildman–Crippen LogP) is 2.48. The van der Waals surface area contributed by atoms with E-state index in [1.54, 1.807) is 0 Å². The van der Waals surface area contributed by atoms with Gasteiger partial charge in [-0.05, 0) is 55.8 Å². The first kappa shape index (κ1) is 13.9. The fourth-order valence-corrected chi connectivity index (χ4v) is 2.36. The fraction of sp³-hybridized carbons (Fsp3) is 0.333. The van der Waals surface area contributed by atoms with Gasteiger partial charge in [-0.15, -0.1) is 0 Å². The van der Waals surface area contributed by atoms with Gasteiger partial charge in [0.15, 0.2) is 16.6 Å². The fourth-order valence-electron chi connectivity index (χ4n) is 2.24. The maximum atomic E-state index is 5.34. The molecule has 0 amide bonds. The first-order valence-electron chi connectivity index (χ1n) is 6.87. The molecule has 0 saturated carbocycles. The molecule has 110 valence electrons. The molecule has 0 fully saturated rings. The van der Waals surface area contributed by atoms with E-state index in [1.165, 1.54) is 5.57 Å². The molecule has 6 heteroatoms. The van der Waals surface area contributed by atoms with Crippen LogP contribution in [-0.4, -0.2) is 17.6 Å². The number of ether oxygens (including phenoxy) is 2. The molecule has 0 bridgehead atoms. The molecule has 3 rings (SSSR count). The second-order valence-electron chi connectivity index (χ2n) is 5.08. The summed E-state index contributed by atoms with van der Waals surface area (Å²) in [4.78, 5) is 0. The predicted molar refractivity (Wildman–Crippen MR) is 85.6 cm³/mol. The van der Waals surface area contributed by atoms with Gasteiger partial charge in [-0.25, -0.2) is 0 Å². The van der Waals surface area contributed by atoms with E-state index >= 15 is 0 Å². The summed E-state index contributed by atoms with van der Waals surface area (Å²) in [6.45, 7) is 3.01. The van der Waals surface area contributed by atoms with Crippen molar-refractivity contribution in [1.82, 2.24) is 10.7 Å². The molecule has 0 spiro atoms. The zero-order valence-corrected chi connectivity index (χ0v) is 12.6. The van der Waals surface area contributed by atoms with Gasteiger partial charge in [0.25, 0.3) is 0 Å². The van der Waals surface area contributed by atoms with Crippen LogP contribution in [0.5, 0.6) is 11.5 Å². The van der Waals surface area contributed by atoms with E-state index in [4.69, 9.17) is 21.7 Å². The summed E-state index contributed by atoms with van der Waals surface area (Å²) in [6.07, 6.45) is 4.15. The molecule has 0 atom stereocenters. The number of nitrogens with one attached hydrogen (secondary N) is 2. The highest BCUT2D eigenvalue weighted by Crippen LogP contribution is 2.32. The zero-order valence-electron chi connectivity index (χ0n) is 11.8. The maximum absolute atomic E-state index is 5.34. The summed E-state index contributed by atoms with van der Waals surface area (Å²) >= 11 is 5.21. The lowest BCUT2D eigenvalue weighted by molar-refractivity contribution is 0.174. The van der Waals surface area contributed by atoms with Gasteiger partial charge in [0.1, 0.15) is 0 Å². The van der Waals surface area contributed by atoms with E-state index in [1.807, 2.05) is 18.2 Å². The standard InChI is InChI=1S/C15H17N3O2S/c1-10-2-4-12(6-10)17-18-15(21)16-8-11-3-5-13-14(7-11)20-9-19-13/h3,5-7H,2,4,8-9H2,1H3,(H2,16,18,21)/b17-12+. The molecule has 21 heavy (non-hydrogen) atoms. The summed E-state index contributed by atoms with van der Waals surface area (Å²) in [5.41, 5.74) is 6.35. The van der Waals surface area contributed by atoms with Crippen molar-refractivity contribution in [3.05, 3.63) is 35.4 Å². The van der Waals surface area contributed by atoms with Crippen LogP contribution in [0.3, 0.4) is 0 Å². The van der Waals surface area contributed by atoms with Gasteiger partial charge in [0.2, 0.25) is 6.79 Å². The Balaban J connectivity index is 1.50. The summed E-state index contributed by atoms with van der Waals surface area (Å²) in [7, 11) is 0. The number of fused-ring (bicyclic) bond motifs is 1. The highest BCUT2D eigenvalue weighted by Gasteiger charge is 2.13. The van der Waals surface area contributed by atoms with Gasteiger partial charge < -0.3 is 14.8 Å². The van der Waals surface area contributed by atoms with Crippen LogP contribution in [0.15, 0.2) is 34.9 Å². The highest BCUT2D eigenvalue weighted by molar-refractivity contribution is 7.80. The van der Waals surface area contributed by atoms with Crippen molar-refractivity contribution in [3.8, 4) is 11.5 Å². The Kier molecular flexibility index (Phi) is 4.06. The lowest BCUT2D eigenvalue weighted by atomic mass is 10.2. The Morgan fingerprint density at radius 3 is 2.95 bits per heavy atom. The van der Waals surface area contributed by atoms with Crippen LogP contribution in [0.25, 0.3) is 0 Å². The van der Waals surface area contributed by atoms with Crippen molar-refractivity contribution in [2.45, 2.75) is 26.3 Å². The number of hydrogen-bond donors (Lipinski definition) is 2. The lowest BCUT2D eigenvalue weighted by Gasteiger charge is -2.08. The van der Waals surface area contributed by atoms with Crippen LogP contribution < -0.4 is 20.2 Å². The minimum atomic E-state index is 0.288. The molecule has 1 aliphatic carbocycles. The van der Waals surface area contributed by atoms with Crippen LogP contribution in [0.4, 0.5) is 0 Å². The molecule has 0 radical (unpaired) electrons. The lowest BCUT2D eigenvalue weighted by Crippen LogP contribution is -2.32. The van der Waals surface area contributed by atoms with Crippen LogP contribution in [0, 0.1) is 0 Å². The van der Waals surface area contributed by atoms with Crippen molar-refractivity contribution in [3.63, 3.8) is 0 Å². The number of benzene rings is 1. The Morgan fingerprint density at radius 2 is 2.14 bits per heavy atom. The third-order valence-electron chi connectivity index (χ3n) is 3.38. The van der Waals surface area contributed by atoms with Crippen LogP contribution in [-0.2, 0) is 6.54 Å². The first-order chi connectivity index (χ1) is 10.2. The van der Waals surface area contributed by atoms with Gasteiger partial charge in [-0.2, -0.15) is 5.10 Å². The van der Waals surface area contributed by atoms with E-state index in [0.717, 1.165) is 35.6 Å². The molecule has 5 nitrogen and oxygen atoms in total. The van der Waals surface area contributed by atoms with Crippen LogP contribution in [0.2, 0.25) is 0 Å². The van der Waals surface area contributed by atoms with E-state index in [2.05, 4.69) is 28.8 Å². The number of hydrogen-bond acceptors (Lipinski definition) is 4. The van der Waals surface area contributed by atoms with Crippen molar-refractivity contribution < 1.29 is 9.47 Å². The topological polar surface area (TPSA) is 54.9 Å². The minimum absolute atomic E-state index is 0.288. The molecule has 2 N–H and O–H groups in total. The van der Waals surface area contributed by atoms with Gasteiger partial charge in [-0.1, -0.05) is 11.6 Å². The number of allylic oxidation sites excluding steroid dienone is 2. The summed E-state index contributed by atoms with van der Waals surface area (Å²) in [5, 5.41) is 7.92. The Bertz CT molecular complexity index is 625. The van der Waals surface area contributed by atoms with Crippen molar-refractivity contribution in [2.24, 2.45) is 5.10 Å². The molecular weight excluding hydrogens is 286 g/mol. The van der Waals surface area contributed by atoms with Gasteiger partial charge in [0.05, 0.1) is 5.71 Å². The van der Waals surface area contributed by atoms with Crippen molar-refractivity contribution in [1.29, 1.82) is 0 Å². The third kappa shape index (κ3) is 3.52. The van der Waals surface area contributed by atoms with Gasteiger partial charge in [-0.3, -0.25) is 5.43 Å². The average Bonchev–Trinajstić information content (AvgIpc) is 3.10. The number of thiocarbonyl (C=S) groups is 1. The van der Waals surface area contributed by atoms with E-state index in [9.17, 15) is 0 Å². The average molecular weight is 303 g/mol. The molecule has 0 unspecified atom stereocenters. The van der Waals surface area contributed by atoms with Crippen molar-refractivity contribution in [2.75, 3.05) is 6.79 Å². The third-order valence-corrected chi connectivity index (χ3v) is 3.62. The second-order valence-corrected chi connectivity index (χ2v) is 5.48. The minimum Gasteiger partial charge on any atom is -0.454 e. The molecule has 1 aromatic rings. The second kappa shape index (κ2) is 6.13. The largest absolute Gasteiger partial charge is 0.454 e. The zero-order chi connectivity index (χ0) is 14.7. The maximum Gasteiger partial charge on any atom is 0.231 e. The normalized spacial score (nSPS) is 17.8. The molecule has 2 aliphatic rings. The molecule has 0 saturated heterocycles. The molecular formula is C15H17N3O2S. The Labute approximate surface area is 129 Å². The quantitative estimate of drug-likeness (QED) is 0.664. The summed E-state index contributed by atoms with van der Waals surface area (Å²) in [6, 6.07) is 5.84. The van der Waals surface area contributed by atoms with E-state index in [0.29, 0.717) is 11.7 Å². The molecule has 1 aliphatic heterocycles. The van der Waals surface area contributed by atoms with Crippen molar-refractivity contribution >= 4 is 23.0 Å². The number of nitrogens with zero attached hydrogens (tertiary/aromatic N) is 1. The first-order valence-corrected chi connectivity index (χ1v) is 7.27. The van der Waals surface area contributed by atoms with Gasteiger partial charge >= 0.3 is 0 Å². The molecule has 1 heterocycles. The Hall–Kier alpha value is -2.08. The van der Waals surface area contributed by atoms with E-state index < -0.39 is 0 Å². The van der Waals surface area contributed by atoms with Gasteiger partial charge in [0, 0.05) is 6.54 Å². The summed E-state index contributed by atoms with van der Waals surface area (Å²) in [5.74, 6) is 1.56. The molecule has 1 aromatic carbocycles. The summed E-state index contributed by atoms with van der Waals surface area (Å²) < 4.78 is 10.6. The molecule has 0 aromatic heterocycles. The highest BCUT2D eigenvalue weighted by atomic mass is 32.1.